The van der Waals surface area contributed by atoms with Crippen molar-refractivity contribution in [1.82, 2.24) is 15.4 Å². The predicted molar refractivity (Wildman–Crippen MR) is 102 cm³/mol. The molecular formula is C20H25FN4O3. The number of benzene rings is 1. The Morgan fingerprint density at radius 1 is 1.29 bits per heavy atom. The van der Waals surface area contributed by atoms with Crippen LogP contribution < -0.4 is 10.6 Å². The molecule has 1 unspecified atom stereocenters. The zero-order valence-corrected chi connectivity index (χ0v) is 16.1. The summed E-state index contributed by atoms with van der Waals surface area (Å²) in [5, 5.41) is 9.88. The zero-order chi connectivity index (χ0) is 20.1. The number of anilines is 1. The van der Waals surface area contributed by atoms with E-state index in [1.165, 1.54) is 12.1 Å². The Kier molecular flexibility index (Phi) is 6.28. The van der Waals surface area contributed by atoms with Gasteiger partial charge in [0.05, 0.1) is 18.8 Å². The van der Waals surface area contributed by atoms with Crippen molar-refractivity contribution < 1.29 is 18.5 Å². The summed E-state index contributed by atoms with van der Waals surface area (Å²) in [5.41, 5.74) is 2.42. The van der Waals surface area contributed by atoms with Gasteiger partial charge in [-0.15, -0.1) is 0 Å². The molecule has 1 aliphatic heterocycles. The van der Waals surface area contributed by atoms with Gasteiger partial charge in [0.2, 0.25) is 11.8 Å². The summed E-state index contributed by atoms with van der Waals surface area (Å²) in [7, 11) is 0. The number of amides is 2. The van der Waals surface area contributed by atoms with E-state index in [2.05, 4.69) is 15.8 Å². The molecule has 0 radical (unpaired) electrons. The van der Waals surface area contributed by atoms with E-state index in [0.717, 1.165) is 17.0 Å². The van der Waals surface area contributed by atoms with Crippen LogP contribution in [0.5, 0.6) is 0 Å². The number of carbonyl (C=O) groups is 2. The molecule has 150 valence electrons. The van der Waals surface area contributed by atoms with Crippen LogP contribution >= 0.6 is 0 Å². The Morgan fingerprint density at radius 3 is 2.71 bits per heavy atom. The van der Waals surface area contributed by atoms with Gasteiger partial charge in [-0.25, -0.2) is 4.39 Å². The zero-order valence-electron chi connectivity index (χ0n) is 16.1. The summed E-state index contributed by atoms with van der Waals surface area (Å²) in [5.74, 6) is 0.327. The Morgan fingerprint density at radius 2 is 2.04 bits per heavy atom. The Balaban J connectivity index is 1.49. The van der Waals surface area contributed by atoms with E-state index in [0.29, 0.717) is 38.0 Å². The molecule has 1 atom stereocenters. The van der Waals surface area contributed by atoms with Crippen molar-refractivity contribution in [3.8, 4) is 0 Å². The molecule has 2 heterocycles. The van der Waals surface area contributed by atoms with E-state index >= 15 is 0 Å². The van der Waals surface area contributed by atoms with Gasteiger partial charge in [0.15, 0.2) is 0 Å². The van der Waals surface area contributed by atoms with Crippen LogP contribution in [0.3, 0.4) is 0 Å². The highest BCUT2D eigenvalue weighted by atomic mass is 19.1. The van der Waals surface area contributed by atoms with E-state index in [1.54, 1.807) is 17.0 Å². The second kappa shape index (κ2) is 8.86. The van der Waals surface area contributed by atoms with Crippen LogP contribution in [0.2, 0.25) is 0 Å². The molecule has 0 bridgehead atoms. The summed E-state index contributed by atoms with van der Waals surface area (Å²) in [4.78, 5) is 26.5. The van der Waals surface area contributed by atoms with Crippen molar-refractivity contribution in [2.45, 2.75) is 45.7 Å². The molecule has 1 fully saturated rings. The number of likely N-dealkylation sites (tertiary alicyclic amines) is 1. The van der Waals surface area contributed by atoms with Crippen molar-refractivity contribution in [1.29, 1.82) is 0 Å². The summed E-state index contributed by atoms with van der Waals surface area (Å²) in [6.45, 7) is 4.85. The lowest BCUT2D eigenvalue weighted by Crippen LogP contribution is -2.39. The van der Waals surface area contributed by atoms with Crippen LogP contribution in [0.1, 0.15) is 36.3 Å². The molecule has 1 aromatic carbocycles. The first kappa shape index (κ1) is 19.9. The molecule has 8 heteroatoms. The molecule has 0 saturated carbocycles. The van der Waals surface area contributed by atoms with Crippen molar-refractivity contribution in [2.24, 2.45) is 0 Å². The molecule has 2 aromatic rings. The number of halogens is 1. The highest BCUT2D eigenvalue weighted by molar-refractivity contribution is 5.81. The van der Waals surface area contributed by atoms with Crippen LogP contribution in [0, 0.1) is 19.7 Å². The number of nitrogens with zero attached hydrogens (tertiary/aromatic N) is 2. The topological polar surface area (TPSA) is 87.5 Å². The van der Waals surface area contributed by atoms with Crippen molar-refractivity contribution >= 4 is 17.5 Å². The first-order valence-electron chi connectivity index (χ1n) is 9.40. The maximum absolute atomic E-state index is 12.9. The van der Waals surface area contributed by atoms with Crippen LogP contribution in [-0.2, 0) is 16.1 Å². The second-order valence-electron chi connectivity index (χ2n) is 7.07. The summed E-state index contributed by atoms with van der Waals surface area (Å²) in [6.07, 6.45) is 1.69. The number of aryl methyl sites for hydroxylation is 2. The number of aromatic nitrogens is 1. The third-order valence-corrected chi connectivity index (χ3v) is 5.00. The van der Waals surface area contributed by atoms with Crippen LogP contribution in [0.25, 0.3) is 0 Å². The molecule has 0 spiro atoms. The van der Waals surface area contributed by atoms with Gasteiger partial charge in [-0.3, -0.25) is 9.59 Å². The first-order chi connectivity index (χ1) is 13.4. The van der Waals surface area contributed by atoms with Crippen molar-refractivity contribution in [3.63, 3.8) is 0 Å². The van der Waals surface area contributed by atoms with Crippen LogP contribution in [-0.4, -0.2) is 41.0 Å². The van der Waals surface area contributed by atoms with Gasteiger partial charge in [-0.1, -0.05) is 5.16 Å². The van der Waals surface area contributed by atoms with Gasteiger partial charge in [0.1, 0.15) is 11.6 Å². The van der Waals surface area contributed by atoms with Crippen LogP contribution in [0.4, 0.5) is 10.1 Å². The highest BCUT2D eigenvalue weighted by Gasteiger charge is 2.25. The third kappa shape index (κ3) is 5.09. The Labute approximate surface area is 163 Å². The standard InChI is InChI=1S/C20H25FN4O3/c1-13-18(14(2)28-24-13)12-25-10-9-17(7-8-20(25)27)23-19(26)11-22-16-5-3-15(21)4-6-16/h3-6,17,22H,7-12H2,1-2H3,(H,23,26). The largest absolute Gasteiger partial charge is 0.376 e. The van der Waals surface area contributed by atoms with E-state index in [9.17, 15) is 14.0 Å². The van der Waals surface area contributed by atoms with Crippen molar-refractivity contribution in [2.75, 3.05) is 18.4 Å². The average Bonchev–Trinajstić information content (AvgIpc) is 2.88. The smallest absolute Gasteiger partial charge is 0.239 e. The second-order valence-corrected chi connectivity index (χ2v) is 7.07. The number of hydrogen-bond donors (Lipinski definition) is 2. The molecule has 3 rings (SSSR count). The fourth-order valence-electron chi connectivity index (χ4n) is 3.30. The number of nitrogens with one attached hydrogen (secondary N) is 2. The lowest BCUT2D eigenvalue weighted by molar-refractivity contribution is -0.131. The van der Waals surface area contributed by atoms with E-state index in [4.69, 9.17) is 4.52 Å². The monoisotopic (exact) mass is 388 g/mol. The van der Waals surface area contributed by atoms with Gasteiger partial charge in [0, 0.05) is 30.3 Å². The normalized spacial score (nSPS) is 17.3. The first-order valence-corrected chi connectivity index (χ1v) is 9.40. The van der Waals surface area contributed by atoms with Gasteiger partial charge >= 0.3 is 0 Å². The predicted octanol–water partition coefficient (Wildman–Crippen LogP) is 2.54. The Bertz CT molecular complexity index is 815. The quantitative estimate of drug-likeness (QED) is 0.794. The van der Waals surface area contributed by atoms with E-state index in [-0.39, 0.29) is 30.2 Å². The van der Waals surface area contributed by atoms with Gasteiger partial charge < -0.3 is 20.1 Å². The summed E-state index contributed by atoms with van der Waals surface area (Å²) in [6, 6.07) is 5.79. The maximum atomic E-state index is 12.9. The number of hydrogen-bond acceptors (Lipinski definition) is 5. The van der Waals surface area contributed by atoms with E-state index < -0.39 is 0 Å². The van der Waals surface area contributed by atoms with Gasteiger partial charge in [-0.05, 0) is 51.0 Å². The number of rotatable bonds is 6. The number of carbonyl (C=O) groups excluding carboxylic acids is 2. The molecule has 28 heavy (non-hydrogen) atoms. The minimum atomic E-state index is -0.320. The molecule has 1 saturated heterocycles. The Hall–Kier alpha value is -2.90. The van der Waals surface area contributed by atoms with E-state index in [1.807, 2.05) is 13.8 Å². The minimum Gasteiger partial charge on any atom is -0.376 e. The van der Waals surface area contributed by atoms with Crippen LogP contribution in [0.15, 0.2) is 28.8 Å². The molecular weight excluding hydrogens is 363 g/mol. The average molecular weight is 388 g/mol. The SMILES string of the molecule is Cc1noc(C)c1CN1CCC(NC(=O)CNc2ccc(F)cc2)CCC1=O. The lowest BCUT2D eigenvalue weighted by atomic mass is 10.1. The third-order valence-electron chi connectivity index (χ3n) is 5.00. The fraction of sp³-hybridized carbons (Fsp3) is 0.450. The maximum Gasteiger partial charge on any atom is 0.239 e. The summed E-state index contributed by atoms with van der Waals surface area (Å²) < 4.78 is 18.1. The van der Waals surface area contributed by atoms with Gasteiger partial charge in [-0.2, -0.15) is 0 Å². The molecule has 2 N–H and O–H groups in total. The molecule has 1 aromatic heterocycles. The minimum absolute atomic E-state index is 0.0545. The highest BCUT2D eigenvalue weighted by Crippen LogP contribution is 2.19. The molecule has 7 nitrogen and oxygen atoms in total. The molecule has 0 aliphatic carbocycles. The van der Waals surface area contributed by atoms with Crippen molar-refractivity contribution in [3.05, 3.63) is 47.1 Å². The molecule has 1 aliphatic rings. The lowest BCUT2D eigenvalue weighted by Gasteiger charge is -2.21. The summed E-state index contributed by atoms with van der Waals surface area (Å²) >= 11 is 0. The van der Waals surface area contributed by atoms with Gasteiger partial charge in [0.25, 0.3) is 0 Å². The fourth-order valence-corrected chi connectivity index (χ4v) is 3.30. The molecule has 2 amide bonds.